The van der Waals surface area contributed by atoms with Crippen molar-refractivity contribution in [1.82, 2.24) is 15.5 Å². The molecule has 2 N–H and O–H groups in total. The lowest BCUT2D eigenvalue weighted by atomic mass is 10.1. The number of benzene rings is 1. The van der Waals surface area contributed by atoms with Gasteiger partial charge in [-0.15, -0.1) is 0 Å². The second kappa shape index (κ2) is 9.05. The molecule has 2 aromatic rings. The zero-order valence-corrected chi connectivity index (χ0v) is 14.3. The smallest absolute Gasteiger partial charge is 0.359 e. The lowest BCUT2D eigenvalue weighted by Gasteiger charge is -2.13. The summed E-state index contributed by atoms with van der Waals surface area (Å²) in [6, 6.07) is 7.37. The van der Waals surface area contributed by atoms with Crippen LogP contribution in [0.3, 0.4) is 0 Å². The highest BCUT2D eigenvalue weighted by Gasteiger charge is 2.17. The van der Waals surface area contributed by atoms with Gasteiger partial charge in [-0.1, -0.05) is 50.8 Å². The Bertz CT molecular complexity index is 681. The van der Waals surface area contributed by atoms with Crippen molar-refractivity contribution >= 4 is 22.8 Å². The Morgan fingerprint density at radius 2 is 2.04 bits per heavy atom. The molecular formula is C18H25N3O3. The van der Waals surface area contributed by atoms with Crippen LogP contribution in [0.4, 0.5) is 0 Å². The van der Waals surface area contributed by atoms with E-state index in [0.717, 1.165) is 18.4 Å². The van der Waals surface area contributed by atoms with E-state index < -0.39 is 5.97 Å². The number of unbranched alkanes of at least 4 members (excludes halogenated alkanes) is 3. The fourth-order valence-corrected chi connectivity index (χ4v) is 2.58. The molecular weight excluding hydrogens is 306 g/mol. The van der Waals surface area contributed by atoms with Crippen molar-refractivity contribution < 1.29 is 14.3 Å². The van der Waals surface area contributed by atoms with Crippen LogP contribution in [0.5, 0.6) is 0 Å². The van der Waals surface area contributed by atoms with Gasteiger partial charge < -0.3 is 10.1 Å². The van der Waals surface area contributed by atoms with Crippen molar-refractivity contribution in [3.05, 3.63) is 30.0 Å². The van der Waals surface area contributed by atoms with Gasteiger partial charge in [0.25, 0.3) is 5.91 Å². The Labute approximate surface area is 142 Å². The minimum Gasteiger partial charge on any atom is -0.451 e. The molecule has 0 spiro atoms. The number of fused-ring (bicyclic) bond motifs is 1. The average molecular weight is 331 g/mol. The van der Waals surface area contributed by atoms with Crippen LogP contribution in [0.15, 0.2) is 24.3 Å². The third-order valence-corrected chi connectivity index (χ3v) is 3.90. The molecule has 0 aliphatic heterocycles. The number of ether oxygens (including phenoxy) is 1. The summed E-state index contributed by atoms with van der Waals surface area (Å²) in [6.45, 7) is 3.84. The molecule has 1 aromatic heterocycles. The summed E-state index contributed by atoms with van der Waals surface area (Å²) in [5.74, 6) is -0.885. The molecule has 0 aliphatic rings. The number of nitrogens with zero attached hydrogens (tertiary/aromatic N) is 1. The molecule has 130 valence electrons. The van der Waals surface area contributed by atoms with Gasteiger partial charge in [-0.3, -0.25) is 9.89 Å². The number of hydrogen-bond acceptors (Lipinski definition) is 4. The third kappa shape index (κ3) is 5.08. The number of aromatic nitrogens is 2. The Kier molecular flexibility index (Phi) is 6.78. The second-order valence-corrected chi connectivity index (χ2v) is 6.01. The van der Waals surface area contributed by atoms with Crippen LogP contribution in [0.1, 0.15) is 56.4 Å². The maximum atomic E-state index is 12.1. The minimum absolute atomic E-state index is 0.0827. The van der Waals surface area contributed by atoms with Crippen molar-refractivity contribution in [2.45, 2.75) is 52.0 Å². The Balaban J connectivity index is 1.76. The van der Waals surface area contributed by atoms with Gasteiger partial charge in [0.2, 0.25) is 0 Å². The van der Waals surface area contributed by atoms with Gasteiger partial charge in [-0.05, 0) is 19.4 Å². The molecule has 0 bridgehead atoms. The van der Waals surface area contributed by atoms with Crippen molar-refractivity contribution in [3.8, 4) is 0 Å². The van der Waals surface area contributed by atoms with Crippen molar-refractivity contribution in [3.63, 3.8) is 0 Å². The standard InChI is InChI=1S/C18H25N3O3/c1-3-4-5-6-9-13(2)19-16(22)12-24-18(23)17-14-10-7-8-11-15(14)20-21-17/h7-8,10-11,13H,3-6,9,12H2,1-2H3,(H,19,22)(H,20,21)/t13-/m1/s1. The van der Waals surface area contributed by atoms with Gasteiger partial charge >= 0.3 is 5.97 Å². The summed E-state index contributed by atoms with van der Waals surface area (Å²) in [5.41, 5.74) is 0.959. The van der Waals surface area contributed by atoms with Crippen LogP contribution in [-0.4, -0.2) is 34.7 Å². The van der Waals surface area contributed by atoms with Gasteiger partial charge in [0.15, 0.2) is 12.3 Å². The number of carbonyl (C=O) groups is 2. The highest BCUT2D eigenvalue weighted by molar-refractivity contribution is 6.02. The quantitative estimate of drug-likeness (QED) is 0.546. The zero-order chi connectivity index (χ0) is 17.4. The summed E-state index contributed by atoms with van der Waals surface area (Å²) in [7, 11) is 0. The van der Waals surface area contributed by atoms with E-state index in [9.17, 15) is 9.59 Å². The summed E-state index contributed by atoms with van der Waals surface area (Å²) in [6.07, 6.45) is 5.62. The van der Waals surface area contributed by atoms with Crippen LogP contribution >= 0.6 is 0 Å². The van der Waals surface area contributed by atoms with Crippen LogP contribution < -0.4 is 5.32 Å². The van der Waals surface area contributed by atoms with Crippen molar-refractivity contribution in [2.75, 3.05) is 6.61 Å². The third-order valence-electron chi connectivity index (χ3n) is 3.90. The fourth-order valence-electron chi connectivity index (χ4n) is 2.58. The fraction of sp³-hybridized carbons (Fsp3) is 0.500. The molecule has 1 amide bonds. The van der Waals surface area contributed by atoms with E-state index in [4.69, 9.17) is 4.74 Å². The van der Waals surface area contributed by atoms with Crippen LogP contribution in [0.2, 0.25) is 0 Å². The summed E-state index contributed by atoms with van der Waals surface area (Å²) < 4.78 is 5.07. The molecule has 0 radical (unpaired) electrons. The van der Waals surface area contributed by atoms with Crippen LogP contribution in [0, 0.1) is 0 Å². The van der Waals surface area contributed by atoms with Gasteiger partial charge in [-0.2, -0.15) is 5.10 Å². The van der Waals surface area contributed by atoms with Crippen molar-refractivity contribution in [1.29, 1.82) is 0 Å². The Morgan fingerprint density at radius 3 is 2.83 bits per heavy atom. The van der Waals surface area contributed by atoms with E-state index in [1.54, 1.807) is 6.07 Å². The summed E-state index contributed by atoms with van der Waals surface area (Å²) in [5, 5.41) is 10.3. The first kappa shape index (κ1) is 18.0. The van der Waals surface area contributed by atoms with E-state index in [2.05, 4.69) is 22.4 Å². The highest BCUT2D eigenvalue weighted by Crippen LogP contribution is 2.15. The lowest BCUT2D eigenvalue weighted by molar-refractivity contribution is -0.124. The van der Waals surface area contributed by atoms with E-state index in [1.807, 2.05) is 25.1 Å². The SMILES string of the molecule is CCCCCC[C@@H](C)NC(=O)COC(=O)c1n[nH]c2ccccc12. The number of rotatable bonds is 9. The first-order valence-corrected chi connectivity index (χ1v) is 8.51. The van der Waals surface area contributed by atoms with Crippen molar-refractivity contribution in [2.24, 2.45) is 0 Å². The first-order chi connectivity index (χ1) is 11.6. The van der Waals surface area contributed by atoms with Crippen LogP contribution in [-0.2, 0) is 9.53 Å². The van der Waals surface area contributed by atoms with E-state index in [1.165, 1.54) is 19.3 Å². The normalized spacial score (nSPS) is 12.1. The number of esters is 1. The zero-order valence-electron chi connectivity index (χ0n) is 14.3. The minimum atomic E-state index is -0.599. The maximum absolute atomic E-state index is 12.1. The predicted octanol–water partition coefficient (Wildman–Crippen LogP) is 3.19. The molecule has 6 heteroatoms. The molecule has 0 unspecified atom stereocenters. The monoisotopic (exact) mass is 331 g/mol. The molecule has 0 saturated carbocycles. The van der Waals surface area contributed by atoms with Gasteiger partial charge in [0.05, 0.1) is 5.52 Å². The molecule has 6 nitrogen and oxygen atoms in total. The number of H-pyrrole nitrogens is 1. The molecule has 1 aromatic carbocycles. The van der Waals surface area contributed by atoms with Gasteiger partial charge in [0.1, 0.15) is 0 Å². The molecule has 0 saturated heterocycles. The largest absolute Gasteiger partial charge is 0.451 e. The molecule has 2 rings (SSSR count). The number of aromatic amines is 1. The molecule has 1 atom stereocenters. The highest BCUT2D eigenvalue weighted by atomic mass is 16.5. The van der Waals surface area contributed by atoms with E-state index >= 15 is 0 Å². The molecule has 0 fully saturated rings. The van der Waals surface area contributed by atoms with E-state index in [0.29, 0.717) is 5.39 Å². The Morgan fingerprint density at radius 1 is 1.25 bits per heavy atom. The summed E-state index contributed by atoms with van der Waals surface area (Å²) in [4.78, 5) is 23.9. The number of amides is 1. The molecule has 1 heterocycles. The maximum Gasteiger partial charge on any atom is 0.359 e. The number of para-hydroxylation sites is 1. The Hall–Kier alpha value is -2.37. The summed E-state index contributed by atoms with van der Waals surface area (Å²) >= 11 is 0. The lowest BCUT2D eigenvalue weighted by Crippen LogP contribution is -2.35. The second-order valence-electron chi connectivity index (χ2n) is 6.01. The average Bonchev–Trinajstić information content (AvgIpc) is 3.01. The van der Waals surface area contributed by atoms with Gasteiger partial charge in [0, 0.05) is 11.4 Å². The number of hydrogen-bond donors (Lipinski definition) is 2. The van der Waals surface area contributed by atoms with Gasteiger partial charge in [-0.25, -0.2) is 4.79 Å². The van der Waals surface area contributed by atoms with Crippen LogP contribution in [0.25, 0.3) is 10.9 Å². The van der Waals surface area contributed by atoms with E-state index in [-0.39, 0.29) is 24.2 Å². The topological polar surface area (TPSA) is 84.1 Å². The molecule has 24 heavy (non-hydrogen) atoms. The number of carbonyl (C=O) groups excluding carboxylic acids is 2. The predicted molar refractivity (Wildman–Crippen MR) is 92.7 cm³/mol. The molecule has 0 aliphatic carbocycles. The first-order valence-electron chi connectivity index (χ1n) is 8.51. The number of nitrogens with one attached hydrogen (secondary N) is 2.